The predicted octanol–water partition coefficient (Wildman–Crippen LogP) is 5.13. The summed E-state index contributed by atoms with van der Waals surface area (Å²) in [5, 5.41) is 11.9. The number of nitrogens with one attached hydrogen (secondary N) is 2. The number of hydrogen-bond acceptors (Lipinski definition) is 7. The normalized spacial score (nSPS) is 12.3. The number of carboxylic acid groups (broad SMARTS) is 1. The summed E-state index contributed by atoms with van der Waals surface area (Å²) in [6, 6.07) is 6.35. The highest BCUT2D eigenvalue weighted by Gasteiger charge is 2.27. The van der Waals surface area contributed by atoms with Gasteiger partial charge >= 0.3 is 5.97 Å². The molecule has 0 saturated heterocycles. The highest BCUT2D eigenvalue weighted by atomic mass is 79.9. The Morgan fingerprint density at radius 2 is 1.89 bits per heavy atom. The molecule has 9 nitrogen and oxygen atoms in total. The van der Waals surface area contributed by atoms with Gasteiger partial charge in [-0.25, -0.2) is 14.2 Å². The van der Waals surface area contributed by atoms with Gasteiger partial charge in [0.05, 0.1) is 42.1 Å². The van der Waals surface area contributed by atoms with Crippen molar-refractivity contribution in [2.75, 3.05) is 4.72 Å². The molecule has 2 heterocycles. The number of pyridine rings is 1. The lowest BCUT2D eigenvalue weighted by molar-refractivity contribution is -0.139. The Labute approximate surface area is 232 Å². The van der Waals surface area contributed by atoms with E-state index in [-0.39, 0.29) is 42.6 Å². The summed E-state index contributed by atoms with van der Waals surface area (Å²) in [5.74, 6) is -2.83. The molecule has 0 aliphatic carbocycles. The van der Waals surface area contributed by atoms with Crippen molar-refractivity contribution < 1.29 is 27.5 Å². The molecule has 37 heavy (non-hydrogen) atoms. The van der Waals surface area contributed by atoms with E-state index in [9.17, 15) is 27.5 Å². The summed E-state index contributed by atoms with van der Waals surface area (Å²) in [5.41, 5.74) is -0.0951. The van der Waals surface area contributed by atoms with Gasteiger partial charge in [0.2, 0.25) is 0 Å². The van der Waals surface area contributed by atoms with Crippen molar-refractivity contribution in [3.05, 3.63) is 80.3 Å². The maximum atomic E-state index is 13.5. The quantitative estimate of drug-likeness (QED) is 0.241. The monoisotopic (exact) mass is 646 g/mol. The zero-order valence-electron chi connectivity index (χ0n) is 18.2. The number of rotatable bonds is 8. The smallest absolute Gasteiger partial charge is 0.326 e. The maximum absolute atomic E-state index is 13.5. The van der Waals surface area contributed by atoms with Crippen LogP contribution in [0.4, 0.5) is 10.1 Å². The number of benzene rings is 2. The first-order valence-corrected chi connectivity index (χ1v) is 14.0. The third kappa shape index (κ3) is 6.02. The number of carbonyl (C=O) groups excluding carboxylic acids is 1. The van der Waals surface area contributed by atoms with Crippen LogP contribution in [0.2, 0.25) is 10.0 Å². The Bertz CT molecular complexity index is 1650. The Hall–Kier alpha value is -2.84. The number of amides is 1. The predicted molar refractivity (Wildman–Crippen MR) is 141 cm³/mol. The van der Waals surface area contributed by atoms with E-state index >= 15 is 0 Å². The first kappa shape index (κ1) is 27.2. The fourth-order valence-electron chi connectivity index (χ4n) is 3.34. The number of hydrogen-bond donors (Lipinski definition) is 3. The highest BCUT2D eigenvalue weighted by molar-refractivity contribution is 9.10. The van der Waals surface area contributed by atoms with Gasteiger partial charge in [0.15, 0.2) is 5.03 Å². The minimum Gasteiger partial charge on any atom is -0.480 e. The molecule has 1 atom stereocenters. The number of carbonyl (C=O) groups is 2. The van der Waals surface area contributed by atoms with Crippen LogP contribution >= 0.6 is 50.7 Å². The van der Waals surface area contributed by atoms with Crippen molar-refractivity contribution in [3.8, 4) is 0 Å². The fourth-order valence-corrected chi connectivity index (χ4v) is 6.00. The van der Waals surface area contributed by atoms with Crippen molar-refractivity contribution in [1.82, 2.24) is 14.7 Å². The molecule has 15 heteroatoms. The molecule has 192 valence electrons. The second-order valence-electron chi connectivity index (χ2n) is 7.59. The highest BCUT2D eigenvalue weighted by Crippen LogP contribution is 2.32. The van der Waals surface area contributed by atoms with Gasteiger partial charge < -0.3 is 10.4 Å². The summed E-state index contributed by atoms with van der Waals surface area (Å²) in [7, 11) is -4.33. The van der Waals surface area contributed by atoms with Gasteiger partial charge in [-0.2, -0.15) is 12.8 Å². The van der Waals surface area contributed by atoms with Gasteiger partial charge in [-0.3, -0.25) is 9.52 Å². The van der Waals surface area contributed by atoms with E-state index in [0.29, 0.717) is 10.3 Å². The summed E-state index contributed by atoms with van der Waals surface area (Å²) >= 11 is 16.3. The van der Waals surface area contributed by atoms with Crippen molar-refractivity contribution in [2.24, 2.45) is 0 Å². The second-order valence-corrected chi connectivity index (χ2v) is 11.7. The van der Waals surface area contributed by atoms with Crippen LogP contribution < -0.4 is 10.0 Å². The number of halogens is 4. The van der Waals surface area contributed by atoms with Gasteiger partial charge in [0.1, 0.15) is 11.9 Å². The average molecular weight is 648 g/mol. The summed E-state index contributed by atoms with van der Waals surface area (Å²) in [6.07, 6.45) is 2.48. The van der Waals surface area contributed by atoms with Crippen LogP contribution in [0, 0.1) is 5.82 Å². The number of fused-ring (bicyclic) bond motifs is 1. The molecule has 0 bridgehead atoms. The molecule has 4 rings (SSSR count). The van der Waals surface area contributed by atoms with Crippen LogP contribution in [0.3, 0.4) is 0 Å². The number of sulfonamides is 1. The van der Waals surface area contributed by atoms with Crippen LogP contribution in [0.15, 0.2) is 58.3 Å². The fraction of sp³-hybridized carbons (Fsp3) is 0.0909. The number of aromatic nitrogens is 2. The van der Waals surface area contributed by atoms with Crippen LogP contribution in [-0.2, 0) is 21.2 Å². The molecule has 3 N–H and O–H groups in total. The van der Waals surface area contributed by atoms with Gasteiger partial charge in [0, 0.05) is 12.6 Å². The number of aliphatic carboxylic acids is 1. The molecule has 4 aromatic rings. The van der Waals surface area contributed by atoms with E-state index in [4.69, 9.17) is 23.2 Å². The molecule has 1 unspecified atom stereocenters. The lowest BCUT2D eigenvalue weighted by Crippen LogP contribution is -2.42. The largest absolute Gasteiger partial charge is 0.480 e. The number of carboxylic acids is 1. The van der Waals surface area contributed by atoms with Crippen LogP contribution in [-0.4, -0.2) is 40.8 Å². The molecule has 2 aromatic carbocycles. The average Bonchev–Trinajstić information content (AvgIpc) is 3.31. The SMILES string of the molecule is O=C(NC(Cc1ccc(F)c(Br)c1)C(=O)O)c1cc(Cl)c(Cl)cc1NS(=O)(=O)c1nccc2sncc12. The Morgan fingerprint density at radius 1 is 1.16 bits per heavy atom. The molecule has 0 radical (unpaired) electrons. The first-order valence-electron chi connectivity index (χ1n) is 10.1. The standard InChI is InChI=1S/C22H14BrCl2FN4O5S2/c23-13-5-10(1-2-16(13)26)6-18(22(32)33)29-20(31)11-7-14(24)15(25)8-17(11)30-37(34,35)21-12-9-28-36-19(12)3-4-27-21/h1-5,7-9,18,30H,6H2,(H,29,31)(H,32,33). The van der Waals surface area contributed by atoms with Crippen molar-refractivity contribution in [1.29, 1.82) is 0 Å². The molecular weight excluding hydrogens is 634 g/mol. The van der Waals surface area contributed by atoms with Crippen LogP contribution in [0.1, 0.15) is 15.9 Å². The Morgan fingerprint density at radius 3 is 2.59 bits per heavy atom. The molecule has 1 amide bonds. The molecule has 0 spiro atoms. The topological polar surface area (TPSA) is 138 Å². The minimum atomic E-state index is -4.33. The zero-order chi connectivity index (χ0) is 26.9. The summed E-state index contributed by atoms with van der Waals surface area (Å²) < 4.78 is 46.9. The third-order valence-corrected chi connectivity index (χ3v) is 8.49. The molecule has 0 aliphatic heterocycles. The van der Waals surface area contributed by atoms with E-state index in [2.05, 4.69) is 35.3 Å². The van der Waals surface area contributed by atoms with Gasteiger partial charge in [-0.05, 0) is 63.4 Å². The van der Waals surface area contributed by atoms with Crippen molar-refractivity contribution in [3.63, 3.8) is 0 Å². The van der Waals surface area contributed by atoms with Crippen LogP contribution in [0.5, 0.6) is 0 Å². The number of anilines is 1. The maximum Gasteiger partial charge on any atom is 0.326 e. The molecule has 0 saturated carbocycles. The Kier molecular flexibility index (Phi) is 7.99. The molecular formula is C22H14BrCl2FN4O5S2. The third-order valence-electron chi connectivity index (χ3n) is 5.08. The van der Waals surface area contributed by atoms with Crippen LogP contribution in [0.25, 0.3) is 10.1 Å². The van der Waals surface area contributed by atoms with Gasteiger partial charge in [-0.15, -0.1) is 0 Å². The Balaban J connectivity index is 1.66. The number of nitrogens with zero attached hydrogens (tertiary/aromatic N) is 2. The van der Waals surface area contributed by atoms with Crippen molar-refractivity contribution in [2.45, 2.75) is 17.5 Å². The lowest BCUT2D eigenvalue weighted by atomic mass is 10.0. The van der Waals surface area contributed by atoms with Gasteiger partial charge in [0.25, 0.3) is 15.9 Å². The van der Waals surface area contributed by atoms with E-state index in [1.807, 2.05) is 0 Å². The lowest BCUT2D eigenvalue weighted by Gasteiger charge is -2.18. The van der Waals surface area contributed by atoms with Gasteiger partial charge in [-0.1, -0.05) is 29.3 Å². The minimum absolute atomic E-state index is 0.0507. The summed E-state index contributed by atoms with van der Waals surface area (Å²) in [6.45, 7) is 0. The second kappa shape index (κ2) is 10.9. The van der Waals surface area contributed by atoms with E-state index in [0.717, 1.165) is 29.7 Å². The van der Waals surface area contributed by atoms with E-state index in [1.165, 1.54) is 24.5 Å². The first-order chi connectivity index (χ1) is 17.5. The summed E-state index contributed by atoms with van der Waals surface area (Å²) in [4.78, 5) is 29.0. The van der Waals surface area contributed by atoms with E-state index < -0.39 is 33.8 Å². The molecule has 0 fully saturated rings. The molecule has 2 aromatic heterocycles. The van der Waals surface area contributed by atoms with E-state index in [1.54, 1.807) is 6.07 Å². The van der Waals surface area contributed by atoms with Crippen molar-refractivity contribution >= 4 is 88.3 Å². The molecule has 0 aliphatic rings. The zero-order valence-corrected chi connectivity index (χ0v) is 22.9.